The molecule has 0 saturated carbocycles. The molecule has 0 aromatic heterocycles. The van der Waals surface area contributed by atoms with E-state index in [9.17, 15) is 5.11 Å². The third-order valence-corrected chi connectivity index (χ3v) is 3.38. The Morgan fingerprint density at radius 3 is 3.00 bits per heavy atom. The van der Waals surface area contributed by atoms with Crippen LogP contribution in [0.5, 0.6) is 0 Å². The van der Waals surface area contributed by atoms with Crippen molar-refractivity contribution < 1.29 is 5.11 Å². The Morgan fingerprint density at radius 1 is 1.44 bits per heavy atom. The Balaban J connectivity index is 2.30. The molecule has 1 atom stereocenters. The number of aliphatic hydroxyl groups excluding tert-OH is 1. The maximum absolute atomic E-state index is 9.41. The number of hydrogen-bond donors (Lipinski definition) is 2. The number of nitrogens with zero attached hydrogens (tertiary/aromatic N) is 1. The molecule has 3 N–H and O–H groups in total. The fraction of sp³-hybridized carbons (Fsp3) is 0.538. The highest BCUT2D eigenvalue weighted by molar-refractivity contribution is 5.61. The summed E-state index contributed by atoms with van der Waals surface area (Å²) in [7, 11) is 0. The largest absolute Gasteiger partial charge is 0.399 e. The predicted molar refractivity (Wildman–Crippen MR) is 67.7 cm³/mol. The van der Waals surface area contributed by atoms with Crippen LogP contribution in [-0.4, -0.2) is 24.3 Å². The Bertz CT molecular complexity index is 365. The van der Waals surface area contributed by atoms with Crippen LogP contribution in [0, 0.1) is 6.92 Å². The van der Waals surface area contributed by atoms with Crippen molar-refractivity contribution in [2.24, 2.45) is 0 Å². The smallest absolute Gasteiger partial charge is 0.0635 e. The molecule has 0 radical (unpaired) electrons. The van der Waals surface area contributed by atoms with Crippen molar-refractivity contribution in [2.75, 3.05) is 23.8 Å². The summed E-state index contributed by atoms with van der Waals surface area (Å²) in [5, 5.41) is 9.41. The van der Waals surface area contributed by atoms with Crippen molar-refractivity contribution in [2.45, 2.75) is 32.2 Å². The van der Waals surface area contributed by atoms with Crippen molar-refractivity contribution in [1.29, 1.82) is 0 Å². The van der Waals surface area contributed by atoms with E-state index in [0.29, 0.717) is 0 Å². The highest BCUT2D eigenvalue weighted by atomic mass is 16.3. The second-order valence-electron chi connectivity index (χ2n) is 4.57. The molecule has 1 heterocycles. The molecule has 88 valence electrons. The van der Waals surface area contributed by atoms with Gasteiger partial charge in [0.05, 0.1) is 12.6 Å². The van der Waals surface area contributed by atoms with Gasteiger partial charge >= 0.3 is 0 Å². The van der Waals surface area contributed by atoms with Gasteiger partial charge < -0.3 is 15.7 Å². The van der Waals surface area contributed by atoms with Gasteiger partial charge in [0, 0.05) is 17.9 Å². The first-order chi connectivity index (χ1) is 7.72. The first-order valence-corrected chi connectivity index (χ1v) is 5.96. The number of nitrogen functional groups attached to an aromatic ring is 1. The van der Waals surface area contributed by atoms with Crippen LogP contribution >= 0.6 is 0 Å². The lowest BCUT2D eigenvalue weighted by molar-refractivity contribution is 0.240. The number of hydrogen-bond acceptors (Lipinski definition) is 3. The maximum Gasteiger partial charge on any atom is 0.0635 e. The third-order valence-electron chi connectivity index (χ3n) is 3.38. The number of aryl methyl sites for hydroxylation is 1. The van der Waals surface area contributed by atoms with E-state index in [0.717, 1.165) is 18.7 Å². The van der Waals surface area contributed by atoms with Crippen LogP contribution in [0.3, 0.4) is 0 Å². The van der Waals surface area contributed by atoms with Gasteiger partial charge in [-0.1, -0.05) is 6.07 Å². The number of rotatable bonds is 2. The molecule has 1 fully saturated rings. The van der Waals surface area contributed by atoms with E-state index in [-0.39, 0.29) is 12.6 Å². The molecule has 16 heavy (non-hydrogen) atoms. The molecular formula is C13H20N2O. The number of benzene rings is 1. The summed E-state index contributed by atoms with van der Waals surface area (Å²) in [4.78, 5) is 2.30. The fourth-order valence-corrected chi connectivity index (χ4v) is 2.44. The van der Waals surface area contributed by atoms with Gasteiger partial charge in [0.2, 0.25) is 0 Å². The molecule has 1 aliphatic rings. The van der Waals surface area contributed by atoms with Crippen LogP contribution in [0.25, 0.3) is 0 Å². The number of aliphatic hydroxyl groups is 1. The SMILES string of the molecule is Cc1ccc(N)cc1N1CCCCC1CO. The second-order valence-corrected chi connectivity index (χ2v) is 4.57. The summed E-state index contributed by atoms with van der Waals surface area (Å²) >= 11 is 0. The van der Waals surface area contributed by atoms with E-state index in [4.69, 9.17) is 5.73 Å². The lowest BCUT2D eigenvalue weighted by Crippen LogP contribution is -2.42. The topological polar surface area (TPSA) is 49.5 Å². The Hall–Kier alpha value is -1.22. The number of piperidine rings is 1. The Labute approximate surface area is 96.9 Å². The quantitative estimate of drug-likeness (QED) is 0.749. The maximum atomic E-state index is 9.41. The van der Waals surface area contributed by atoms with Crippen LogP contribution in [0.1, 0.15) is 24.8 Å². The van der Waals surface area contributed by atoms with Gasteiger partial charge in [-0.25, -0.2) is 0 Å². The zero-order valence-electron chi connectivity index (χ0n) is 9.82. The van der Waals surface area contributed by atoms with Crippen molar-refractivity contribution in [3.05, 3.63) is 23.8 Å². The zero-order valence-corrected chi connectivity index (χ0v) is 9.82. The molecule has 3 nitrogen and oxygen atoms in total. The van der Waals surface area contributed by atoms with Gasteiger partial charge in [-0.15, -0.1) is 0 Å². The van der Waals surface area contributed by atoms with E-state index < -0.39 is 0 Å². The van der Waals surface area contributed by atoms with Crippen LogP contribution < -0.4 is 10.6 Å². The number of nitrogens with two attached hydrogens (primary N) is 1. The monoisotopic (exact) mass is 220 g/mol. The van der Waals surface area contributed by atoms with Crippen LogP contribution in [0.2, 0.25) is 0 Å². The van der Waals surface area contributed by atoms with E-state index >= 15 is 0 Å². The molecular weight excluding hydrogens is 200 g/mol. The van der Waals surface area contributed by atoms with Crippen LogP contribution in [-0.2, 0) is 0 Å². The van der Waals surface area contributed by atoms with Gasteiger partial charge in [-0.2, -0.15) is 0 Å². The van der Waals surface area contributed by atoms with E-state index in [2.05, 4.69) is 11.8 Å². The molecule has 0 amide bonds. The minimum Gasteiger partial charge on any atom is -0.399 e. The summed E-state index contributed by atoms with van der Waals surface area (Å²) in [5.41, 5.74) is 9.04. The molecule has 1 aromatic rings. The lowest BCUT2D eigenvalue weighted by Gasteiger charge is -2.37. The summed E-state index contributed by atoms with van der Waals surface area (Å²) in [6.07, 6.45) is 3.48. The van der Waals surface area contributed by atoms with Crippen LogP contribution in [0.15, 0.2) is 18.2 Å². The Morgan fingerprint density at radius 2 is 2.25 bits per heavy atom. The van der Waals surface area contributed by atoms with Crippen LogP contribution in [0.4, 0.5) is 11.4 Å². The van der Waals surface area contributed by atoms with Gasteiger partial charge in [-0.3, -0.25) is 0 Å². The van der Waals surface area contributed by atoms with Gasteiger partial charge in [-0.05, 0) is 43.9 Å². The summed E-state index contributed by atoms with van der Waals surface area (Å²) < 4.78 is 0. The van der Waals surface area contributed by atoms with Gasteiger partial charge in [0.1, 0.15) is 0 Å². The van der Waals surface area contributed by atoms with E-state index in [1.165, 1.54) is 24.1 Å². The van der Waals surface area contributed by atoms with Crippen molar-refractivity contribution in [1.82, 2.24) is 0 Å². The Kier molecular flexibility index (Phi) is 3.34. The van der Waals surface area contributed by atoms with E-state index in [1.54, 1.807) is 0 Å². The normalized spacial score (nSPS) is 21.1. The van der Waals surface area contributed by atoms with Crippen molar-refractivity contribution >= 4 is 11.4 Å². The standard InChI is InChI=1S/C13H20N2O/c1-10-5-6-11(14)8-13(10)15-7-3-2-4-12(15)9-16/h5-6,8,12,16H,2-4,7,9,14H2,1H3. The molecule has 1 aromatic carbocycles. The highest BCUT2D eigenvalue weighted by Gasteiger charge is 2.22. The summed E-state index contributed by atoms with van der Waals surface area (Å²) in [6.45, 7) is 3.35. The molecule has 0 aliphatic carbocycles. The fourth-order valence-electron chi connectivity index (χ4n) is 2.44. The molecule has 2 rings (SSSR count). The minimum absolute atomic E-state index is 0.230. The van der Waals surface area contributed by atoms with Crippen molar-refractivity contribution in [3.63, 3.8) is 0 Å². The summed E-state index contributed by atoms with van der Waals surface area (Å²) in [5.74, 6) is 0. The van der Waals surface area contributed by atoms with Crippen molar-refractivity contribution in [3.8, 4) is 0 Å². The minimum atomic E-state index is 0.230. The molecule has 0 bridgehead atoms. The zero-order chi connectivity index (χ0) is 11.5. The second kappa shape index (κ2) is 4.74. The van der Waals surface area contributed by atoms with E-state index in [1.807, 2.05) is 18.2 Å². The molecule has 1 saturated heterocycles. The highest BCUT2D eigenvalue weighted by Crippen LogP contribution is 2.29. The summed E-state index contributed by atoms with van der Waals surface area (Å²) in [6, 6.07) is 6.25. The molecule has 1 unspecified atom stereocenters. The van der Waals surface area contributed by atoms with Gasteiger partial charge in [0.25, 0.3) is 0 Å². The van der Waals surface area contributed by atoms with Gasteiger partial charge in [0.15, 0.2) is 0 Å². The lowest BCUT2D eigenvalue weighted by atomic mass is 10.0. The first kappa shape index (κ1) is 11.3. The average molecular weight is 220 g/mol. The third kappa shape index (κ3) is 2.14. The predicted octanol–water partition coefficient (Wildman–Crippen LogP) is 1.93. The first-order valence-electron chi connectivity index (χ1n) is 5.96. The molecule has 3 heteroatoms. The molecule has 0 spiro atoms. The average Bonchev–Trinajstić information content (AvgIpc) is 2.32. The molecule has 1 aliphatic heterocycles. The number of anilines is 2.